The van der Waals surface area contributed by atoms with Crippen LogP contribution in [0.15, 0.2) is 39.9 Å². The van der Waals surface area contributed by atoms with E-state index in [-0.39, 0.29) is 16.0 Å². The van der Waals surface area contributed by atoms with Gasteiger partial charge in [-0.25, -0.2) is 13.6 Å². The van der Waals surface area contributed by atoms with Crippen LogP contribution in [0.1, 0.15) is 18.1 Å². The molecule has 2 heterocycles. The Morgan fingerprint density at radius 3 is 2.56 bits per heavy atom. The predicted molar refractivity (Wildman–Crippen MR) is 94.5 cm³/mol. The van der Waals surface area contributed by atoms with Crippen LogP contribution in [-0.2, 0) is 32.6 Å². The zero-order chi connectivity index (χ0) is 18.2. The summed E-state index contributed by atoms with van der Waals surface area (Å²) in [6.07, 6.45) is 0.410. The number of nitrogens with zero attached hydrogens (tertiary/aromatic N) is 1. The molecule has 7 nitrogen and oxygen atoms in total. The molecule has 3 N–H and O–H groups in total. The van der Waals surface area contributed by atoms with Crippen LogP contribution in [0, 0.1) is 0 Å². The number of carbonyl (C=O) groups excluding carboxylic acids is 2. The second-order valence-electron chi connectivity index (χ2n) is 5.82. The lowest BCUT2D eigenvalue weighted by molar-refractivity contribution is -0.138. The molecule has 0 saturated heterocycles. The molecule has 1 aromatic heterocycles. The van der Waals surface area contributed by atoms with E-state index in [0.29, 0.717) is 18.7 Å². The first-order valence-electron chi connectivity index (χ1n) is 7.52. The number of nitrogens with one attached hydrogen (secondary N) is 1. The number of anilines is 1. The zero-order valence-electron chi connectivity index (χ0n) is 13.4. The van der Waals surface area contributed by atoms with Crippen LogP contribution in [0.25, 0.3) is 0 Å². The summed E-state index contributed by atoms with van der Waals surface area (Å²) in [7, 11) is -3.80. The number of carbonyl (C=O) groups is 2. The highest BCUT2D eigenvalue weighted by molar-refractivity contribution is 7.91. The van der Waals surface area contributed by atoms with E-state index in [1.165, 1.54) is 23.3 Å². The molecule has 9 heteroatoms. The van der Waals surface area contributed by atoms with Crippen molar-refractivity contribution in [2.75, 3.05) is 5.32 Å². The Morgan fingerprint density at radius 2 is 1.96 bits per heavy atom. The summed E-state index contributed by atoms with van der Waals surface area (Å²) in [4.78, 5) is 26.2. The molecule has 2 amide bonds. The molecule has 132 valence electrons. The number of rotatable bonds is 3. The lowest BCUT2D eigenvalue weighted by Gasteiger charge is -2.35. The summed E-state index contributed by atoms with van der Waals surface area (Å²) >= 11 is 0.933. The van der Waals surface area contributed by atoms with Crippen molar-refractivity contribution in [1.82, 2.24) is 4.90 Å². The van der Waals surface area contributed by atoms with Crippen LogP contribution in [-0.4, -0.2) is 31.2 Å². The molecule has 2 aromatic rings. The van der Waals surface area contributed by atoms with Gasteiger partial charge in [-0.05, 0) is 17.2 Å². The highest BCUT2D eigenvalue weighted by atomic mass is 32.2. The monoisotopic (exact) mass is 379 g/mol. The molecular formula is C16H17N3O4S2. The average Bonchev–Trinajstić information content (AvgIpc) is 3.02. The molecule has 1 unspecified atom stereocenters. The maximum Gasteiger partial charge on any atom is 0.247 e. The minimum atomic E-state index is -3.80. The summed E-state index contributed by atoms with van der Waals surface area (Å²) in [5.74, 6) is -0.548. The second-order valence-corrected chi connectivity index (χ2v) is 8.52. The topological polar surface area (TPSA) is 110 Å². The lowest BCUT2D eigenvalue weighted by Crippen LogP contribution is -2.49. The van der Waals surface area contributed by atoms with Gasteiger partial charge < -0.3 is 10.2 Å². The quantitative estimate of drug-likeness (QED) is 0.838. The smallest absolute Gasteiger partial charge is 0.247 e. The van der Waals surface area contributed by atoms with E-state index in [4.69, 9.17) is 5.14 Å². The van der Waals surface area contributed by atoms with Gasteiger partial charge >= 0.3 is 0 Å². The largest absolute Gasteiger partial charge is 0.326 e. The number of benzene rings is 1. The van der Waals surface area contributed by atoms with E-state index in [0.717, 1.165) is 22.5 Å². The van der Waals surface area contributed by atoms with Gasteiger partial charge in [0, 0.05) is 25.3 Å². The Morgan fingerprint density at radius 1 is 1.28 bits per heavy atom. The summed E-state index contributed by atoms with van der Waals surface area (Å²) in [5.41, 5.74) is 2.39. The van der Waals surface area contributed by atoms with Crippen LogP contribution in [0.4, 0.5) is 5.69 Å². The number of thiophene rings is 1. The van der Waals surface area contributed by atoms with Gasteiger partial charge in [0.25, 0.3) is 0 Å². The Hall–Kier alpha value is -2.23. The zero-order valence-corrected chi connectivity index (χ0v) is 15.1. The third-order valence-corrected chi connectivity index (χ3v) is 6.47. The van der Waals surface area contributed by atoms with E-state index in [1.807, 2.05) is 24.3 Å². The first-order valence-corrected chi connectivity index (χ1v) is 9.94. The molecule has 1 atom stereocenters. The van der Waals surface area contributed by atoms with Gasteiger partial charge in [-0.15, -0.1) is 11.3 Å². The van der Waals surface area contributed by atoms with Crippen molar-refractivity contribution in [2.24, 2.45) is 5.14 Å². The van der Waals surface area contributed by atoms with E-state index in [1.54, 1.807) is 0 Å². The predicted octanol–water partition coefficient (Wildman–Crippen LogP) is 1.31. The average molecular weight is 379 g/mol. The van der Waals surface area contributed by atoms with Gasteiger partial charge in [-0.1, -0.05) is 24.3 Å². The molecule has 0 bridgehead atoms. The normalized spacial score (nSPS) is 17.0. The minimum Gasteiger partial charge on any atom is -0.326 e. The van der Waals surface area contributed by atoms with Crippen molar-refractivity contribution in [3.63, 3.8) is 0 Å². The summed E-state index contributed by atoms with van der Waals surface area (Å²) < 4.78 is 22.6. The first-order chi connectivity index (χ1) is 11.8. The van der Waals surface area contributed by atoms with Crippen molar-refractivity contribution in [2.45, 2.75) is 30.1 Å². The highest BCUT2D eigenvalue weighted by Crippen LogP contribution is 2.26. The molecule has 1 aromatic carbocycles. The van der Waals surface area contributed by atoms with Gasteiger partial charge in [-0.2, -0.15) is 0 Å². The number of amides is 2. The Bertz CT molecular complexity index is 936. The molecule has 0 radical (unpaired) electrons. The molecule has 0 aliphatic carbocycles. The van der Waals surface area contributed by atoms with Gasteiger partial charge in [0.05, 0.1) is 5.69 Å². The number of hydrogen-bond donors (Lipinski definition) is 2. The highest BCUT2D eigenvalue weighted by Gasteiger charge is 2.33. The fourth-order valence-electron chi connectivity index (χ4n) is 2.84. The Labute approximate surface area is 149 Å². The van der Waals surface area contributed by atoms with Crippen LogP contribution in [0.5, 0.6) is 0 Å². The third-order valence-electron chi connectivity index (χ3n) is 4.08. The SMILES string of the molecule is CC(=O)N1Cc2ccccc2CC1C(=O)Nc1csc(S(N)(=O)=O)c1. The Kier molecular flexibility index (Phi) is 4.63. The number of primary sulfonamides is 1. The van der Waals surface area contributed by atoms with E-state index >= 15 is 0 Å². The number of sulfonamides is 1. The maximum atomic E-state index is 12.7. The van der Waals surface area contributed by atoms with Crippen molar-refractivity contribution in [3.05, 3.63) is 46.8 Å². The second kappa shape index (κ2) is 6.58. The van der Waals surface area contributed by atoms with E-state index < -0.39 is 16.1 Å². The van der Waals surface area contributed by atoms with Gasteiger partial charge in [0.2, 0.25) is 21.8 Å². The van der Waals surface area contributed by atoms with Crippen LogP contribution >= 0.6 is 11.3 Å². The summed E-state index contributed by atoms with van der Waals surface area (Å²) in [6.45, 7) is 1.80. The number of nitrogens with two attached hydrogens (primary N) is 1. The number of fused-ring (bicyclic) bond motifs is 1. The molecule has 0 fully saturated rings. The van der Waals surface area contributed by atoms with Gasteiger partial charge in [-0.3, -0.25) is 9.59 Å². The van der Waals surface area contributed by atoms with Gasteiger partial charge in [0.15, 0.2) is 0 Å². The van der Waals surface area contributed by atoms with Crippen LogP contribution in [0.3, 0.4) is 0 Å². The standard InChI is InChI=1S/C16H17N3O4S2/c1-10(20)19-8-12-5-3-2-4-11(12)6-14(19)16(21)18-13-7-15(24-9-13)25(17,22)23/h2-5,7,9,14H,6,8H2,1H3,(H,18,21)(H2,17,22,23). The van der Waals surface area contributed by atoms with Crippen molar-refractivity contribution >= 4 is 38.9 Å². The van der Waals surface area contributed by atoms with Crippen molar-refractivity contribution in [1.29, 1.82) is 0 Å². The molecular weight excluding hydrogens is 362 g/mol. The molecule has 0 saturated carbocycles. The van der Waals surface area contributed by atoms with Crippen LogP contribution in [0.2, 0.25) is 0 Å². The molecule has 0 spiro atoms. The molecule has 3 rings (SSSR count). The Balaban J connectivity index is 1.82. The van der Waals surface area contributed by atoms with Crippen molar-refractivity contribution in [3.8, 4) is 0 Å². The van der Waals surface area contributed by atoms with Crippen LogP contribution < -0.4 is 10.5 Å². The number of hydrogen-bond acceptors (Lipinski definition) is 5. The summed E-state index contributed by atoms with van der Waals surface area (Å²) in [6, 6.07) is 8.34. The fraction of sp³-hybridized carbons (Fsp3) is 0.250. The summed E-state index contributed by atoms with van der Waals surface area (Å²) in [5, 5.41) is 9.26. The van der Waals surface area contributed by atoms with Crippen molar-refractivity contribution < 1.29 is 18.0 Å². The maximum absolute atomic E-state index is 12.7. The minimum absolute atomic E-state index is 0.0276. The van der Waals surface area contributed by atoms with E-state index in [2.05, 4.69) is 5.32 Å². The fourth-order valence-corrected chi connectivity index (χ4v) is 4.38. The third kappa shape index (κ3) is 3.73. The first kappa shape index (κ1) is 17.6. The van der Waals surface area contributed by atoms with Gasteiger partial charge in [0.1, 0.15) is 10.3 Å². The van der Waals surface area contributed by atoms with E-state index in [9.17, 15) is 18.0 Å². The molecule has 1 aliphatic heterocycles. The lowest BCUT2D eigenvalue weighted by atomic mass is 9.93. The molecule has 25 heavy (non-hydrogen) atoms. The molecule has 1 aliphatic rings.